The van der Waals surface area contributed by atoms with Crippen LogP contribution in [0.15, 0.2) is 29.8 Å². The maximum atomic E-state index is 9.06. The lowest BCUT2D eigenvalue weighted by Crippen LogP contribution is -2.08. The zero-order valence-corrected chi connectivity index (χ0v) is 9.66. The van der Waals surface area contributed by atoms with E-state index in [4.69, 9.17) is 16.9 Å². The lowest BCUT2D eigenvalue weighted by Gasteiger charge is -2.09. The van der Waals surface area contributed by atoms with E-state index < -0.39 is 6.04 Å². The number of rotatable bonds is 3. The highest BCUT2D eigenvalue weighted by molar-refractivity contribution is 7.13. The molecule has 2 rings (SSSR count). The number of nitriles is 1. The van der Waals surface area contributed by atoms with Crippen LogP contribution in [-0.2, 0) is 0 Å². The number of benzene rings is 1. The molecule has 1 aromatic heterocycles. The summed E-state index contributed by atoms with van der Waals surface area (Å²) in [4.78, 5) is 0. The molecule has 0 amide bonds. The molecule has 0 saturated heterocycles. The van der Waals surface area contributed by atoms with Gasteiger partial charge in [0.05, 0.1) is 6.07 Å². The van der Waals surface area contributed by atoms with Gasteiger partial charge in [0.15, 0.2) is 0 Å². The summed E-state index contributed by atoms with van der Waals surface area (Å²) in [6.45, 7) is 0. The van der Waals surface area contributed by atoms with Crippen molar-refractivity contribution >= 4 is 28.1 Å². The van der Waals surface area contributed by atoms with E-state index in [0.717, 1.165) is 5.56 Å². The fourth-order valence-corrected chi connectivity index (χ4v) is 1.81. The Balaban J connectivity index is 2.17. The first kappa shape index (κ1) is 10.9. The van der Waals surface area contributed by atoms with Gasteiger partial charge >= 0.3 is 0 Å². The first-order valence-electron chi connectivity index (χ1n) is 4.47. The molecule has 0 aliphatic carbocycles. The molecule has 0 aliphatic rings. The van der Waals surface area contributed by atoms with Gasteiger partial charge < -0.3 is 5.32 Å². The molecule has 6 heteroatoms. The number of halogens is 1. The van der Waals surface area contributed by atoms with Crippen LogP contribution in [0.4, 0.5) is 5.13 Å². The van der Waals surface area contributed by atoms with E-state index in [9.17, 15) is 0 Å². The molecule has 16 heavy (non-hydrogen) atoms. The number of hydrogen-bond donors (Lipinski definition) is 1. The van der Waals surface area contributed by atoms with E-state index in [-0.39, 0.29) is 0 Å². The molecule has 0 unspecified atom stereocenters. The van der Waals surface area contributed by atoms with Crippen LogP contribution in [0.2, 0.25) is 5.02 Å². The van der Waals surface area contributed by atoms with Crippen LogP contribution in [0.1, 0.15) is 11.6 Å². The summed E-state index contributed by atoms with van der Waals surface area (Å²) in [5.74, 6) is 0. The standard InChI is InChI=1S/C10H7ClN4S/c11-8-3-1-7(2-4-8)9(5-12)14-10-15-13-6-16-10/h1-4,6,9H,(H,14,15)/t9-/m1/s1. The molecule has 0 spiro atoms. The van der Waals surface area contributed by atoms with Gasteiger partial charge in [-0.1, -0.05) is 35.1 Å². The second kappa shape index (κ2) is 4.92. The highest BCUT2D eigenvalue weighted by Crippen LogP contribution is 2.21. The predicted octanol–water partition coefficient (Wildman–Crippen LogP) is 2.87. The second-order valence-electron chi connectivity index (χ2n) is 3.00. The fraction of sp³-hybridized carbons (Fsp3) is 0.100. The molecule has 1 N–H and O–H groups in total. The van der Waals surface area contributed by atoms with Crippen LogP contribution < -0.4 is 5.32 Å². The molecular formula is C10H7ClN4S. The molecule has 0 aliphatic heterocycles. The summed E-state index contributed by atoms with van der Waals surface area (Å²) >= 11 is 7.13. The third-order valence-corrected chi connectivity index (χ3v) is 2.83. The van der Waals surface area contributed by atoms with Crippen molar-refractivity contribution < 1.29 is 0 Å². The van der Waals surface area contributed by atoms with Crippen molar-refractivity contribution in [3.05, 3.63) is 40.4 Å². The zero-order valence-electron chi connectivity index (χ0n) is 8.09. The molecule has 0 radical (unpaired) electrons. The molecule has 0 fully saturated rings. The summed E-state index contributed by atoms with van der Waals surface area (Å²) in [6.07, 6.45) is 0. The Kier molecular flexibility index (Phi) is 3.34. The van der Waals surface area contributed by atoms with E-state index in [0.29, 0.717) is 10.2 Å². The van der Waals surface area contributed by atoms with Crippen molar-refractivity contribution in [1.82, 2.24) is 10.2 Å². The molecule has 2 aromatic rings. The summed E-state index contributed by atoms with van der Waals surface area (Å²) in [5.41, 5.74) is 2.46. The van der Waals surface area contributed by atoms with E-state index in [2.05, 4.69) is 21.6 Å². The van der Waals surface area contributed by atoms with Gasteiger partial charge in [0.25, 0.3) is 0 Å². The Labute approximate surface area is 102 Å². The third kappa shape index (κ3) is 2.48. The van der Waals surface area contributed by atoms with Crippen LogP contribution >= 0.6 is 22.9 Å². The first-order valence-corrected chi connectivity index (χ1v) is 5.73. The van der Waals surface area contributed by atoms with Crippen molar-refractivity contribution in [2.45, 2.75) is 6.04 Å². The fourth-order valence-electron chi connectivity index (χ4n) is 1.20. The molecule has 1 atom stereocenters. The molecular weight excluding hydrogens is 244 g/mol. The summed E-state index contributed by atoms with van der Waals surface area (Å²) in [5, 5.41) is 20.8. The topological polar surface area (TPSA) is 61.6 Å². The molecule has 1 aromatic carbocycles. The molecule has 0 saturated carbocycles. The number of hydrogen-bond acceptors (Lipinski definition) is 5. The van der Waals surface area contributed by atoms with Crippen molar-refractivity contribution in [1.29, 1.82) is 5.26 Å². The van der Waals surface area contributed by atoms with Crippen LogP contribution in [0, 0.1) is 11.3 Å². The predicted molar refractivity (Wildman–Crippen MR) is 63.3 cm³/mol. The number of anilines is 1. The number of nitrogens with zero attached hydrogens (tertiary/aromatic N) is 3. The number of nitrogens with one attached hydrogen (secondary N) is 1. The van der Waals surface area contributed by atoms with Gasteiger partial charge in [-0.25, -0.2) is 0 Å². The summed E-state index contributed by atoms with van der Waals surface area (Å²) in [7, 11) is 0. The van der Waals surface area contributed by atoms with Crippen molar-refractivity contribution in [3.8, 4) is 6.07 Å². The Bertz CT molecular complexity index is 489. The van der Waals surface area contributed by atoms with E-state index in [1.54, 1.807) is 17.6 Å². The first-order chi connectivity index (χ1) is 7.79. The van der Waals surface area contributed by atoms with Gasteiger partial charge in [-0.2, -0.15) is 5.26 Å². The minimum Gasteiger partial charge on any atom is -0.341 e. The molecule has 4 nitrogen and oxygen atoms in total. The minimum atomic E-state index is -0.440. The lowest BCUT2D eigenvalue weighted by molar-refractivity contribution is 0.970. The molecule has 0 bridgehead atoms. The van der Waals surface area contributed by atoms with Crippen molar-refractivity contribution in [2.24, 2.45) is 0 Å². The average molecular weight is 251 g/mol. The van der Waals surface area contributed by atoms with E-state index in [1.165, 1.54) is 11.3 Å². The van der Waals surface area contributed by atoms with Crippen LogP contribution in [-0.4, -0.2) is 10.2 Å². The third-order valence-electron chi connectivity index (χ3n) is 1.96. The smallest absolute Gasteiger partial charge is 0.206 e. The Hall–Kier alpha value is -1.64. The summed E-state index contributed by atoms with van der Waals surface area (Å²) < 4.78 is 0. The van der Waals surface area contributed by atoms with Gasteiger partial charge in [-0.15, -0.1) is 10.2 Å². The van der Waals surface area contributed by atoms with E-state index >= 15 is 0 Å². The Morgan fingerprint density at radius 3 is 2.69 bits per heavy atom. The average Bonchev–Trinajstić information content (AvgIpc) is 2.80. The molecule has 80 valence electrons. The van der Waals surface area contributed by atoms with Crippen LogP contribution in [0.3, 0.4) is 0 Å². The number of aromatic nitrogens is 2. The zero-order chi connectivity index (χ0) is 11.4. The minimum absolute atomic E-state index is 0.440. The SMILES string of the molecule is N#C[C@@H](Nc1nncs1)c1ccc(Cl)cc1. The Morgan fingerprint density at radius 1 is 1.38 bits per heavy atom. The highest BCUT2D eigenvalue weighted by atomic mass is 35.5. The van der Waals surface area contributed by atoms with Gasteiger partial charge in [-0.05, 0) is 17.7 Å². The monoisotopic (exact) mass is 250 g/mol. The van der Waals surface area contributed by atoms with Crippen molar-refractivity contribution in [2.75, 3.05) is 5.32 Å². The maximum Gasteiger partial charge on any atom is 0.206 e. The van der Waals surface area contributed by atoms with Crippen molar-refractivity contribution in [3.63, 3.8) is 0 Å². The second-order valence-corrected chi connectivity index (χ2v) is 4.27. The van der Waals surface area contributed by atoms with Gasteiger partial charge in [0.2, 0.25) is 5.13 Å². The Morgan fingerprint density at radius 2 is 2.12 bits per heavy atom. The normalized spacial score (nSPS) is 11.8. The van der Waals surface area contributed by atoms with Gasteiger partial charge in [-0.3, -0.25) is 0 Å². The lowest BCUT2D eigenvalue weighted by atomic mass is 10.1. The van der Waals surface area contributed by atoms with Gasteiger partial charge in [0.1, 0.15) is 11.6 Å². The van der Waals surface area contributed by atoms with Gasteiger partial charge in [0, 0.05) is 5.02 Å². The quantitative estimate of drug-likeness (QED) is 0.910. The summed E-state index contributed by atoms with van der Waals surface area (Å²) in [6, 6.07) is 8.85. The molecule has 1 heterocycles. The van der Waals surface area contributed by atoms with Crippen LogP contribution in [0.5, 0.6) is 0 Å². The highest BCUT2D eigenvalue weighted by Gasteiger charge is 2.11. The maximum absolute atomic E-state index is 9.06. The largest absolute Gasteiger partial charge is 0.341 e. The van der Waals surface area contributed by atoms with Crippen LogP contribution in [0.25, 0.3) is 0 Å². The van der Waals surface area contributed by atoms with E-state index in [1.807, 2.05) is 12.1 Å².